The number of amides is 1. The van der Waals surface area contributed by atoms with E-state index in [1.807, 2.05) is 54.6 Å². The summed E-state index contributed by atoms with van der Waals surface area (Å²) in [5.41, 5.74) is 3.39. The Morgan fingerprint density at radius 3 is 2.21 bits per heavy atom. The summed E-state index contributed by atoms with van der Waals surface area (Å²) in [5, 5.41) is 3.04. The van der Waals surface area contributed by atoms with E-state index in [0.717, 1.165) is 35.5 Å². The smallest absolute Gasteiger partial charge is 0.258 e. The molecule has 1 amide bonds. The van der Waals surface area contributed by atoms with E-state index in [-0.39, 0.29) is 18.6 Å². The Balaban J connectivity index is 1.32. The second-order valence-electron chi connectivity index (χ2n) is 7.92. The maximum Gasteiger partial charge on any atom is 0.258 e. The van der Waals surface area contributed by atoms with Gasteiger partial charge in [-0.2, -0.15) is 0 Å². The van der Waals surface area contributed by atoms with E-state index >= 15 is 0 Å². The largest absolute Gasteiger partial charge is 0.497 e. The van der Waals surface area contributed by atoms with Crippen LogP contribution in [0.25, 0.3) is 11.1 Å². The summed E-state index contributed by atoms with van der Waals surface area (Å²) in [5.74, 6) is 1.34. The van der Waals surface area contributed by atoms with Gasteiger partial charge < -0.3 is 19.5 Å². The Hall–Kier alpha value is -3.35. The van der Waals surface area contributed by atoms with E-state index in [1.54, 1.807) is 7.11 Å². The minimum Gasteiger partial charge on any atom is -0.497 e. The molecule has 0 spiro atoms. The van der Waals surface area contributed by atoms with Gasteiger partial charge in [0.1, 0.15) is 11.5 Å². The van der Waals surface area contributed by atoms with Crippen molar-refractivity contribution in [2.24, 2.45) is 0 Å². The molecule has 0 aliphatic carbocycles. The standard InChI is InChI=1S/C27H30N2O4/c1-31-24-11-9-23(10-12-24)26(29-15-17-32-18-16-29)19-28-27(30)20-33-25-13-7-22(8-14-25)21-5-3-2-4-6-21/h2-14,26H,15-20H2,1H3,(H,28,30)/t26-/m0/s1. The molecule has 0 unspecified atom stereocenters. The van der Waals surface area contributed by atoms with Gasteiger partial charge in [-0.1, -0.05) is 54.6 Å². The maximum absolute atomic E-state index is 12.5. The Morgan fingerprint density at radius 1 is 0.909 bits per heavy atom. The first-order chi connectivity index (χ1) is 16.2. The molecule has 1 aliphatic rings. The summed E-state index contributed by atoms with van der Waals surface area (Å²) in [6, 6.07) is 26.0. The van der Waals surface area contributed by atoms with Crippen molar-refractivity contribution in [3.8, 4) is 22.6 Å². The molecule has 33 heavy (non-hydrogen) atoms. The third kappa shape index (κ3) is 6.34. The number of ether oxygens (including phenoxy) is 3. The minimum absolute atomic E-state index is 0.0247. The van der Waals surface area contributed by atoms with Crippen LogP contribution in [0.15, 0.2) is 78.9 Å². The minimum atomic E-state index is -0.145. The molecule has 1 fully saturated rings. The van der Waals surface area contributed by atoms with Crippen molar-refractivity contribution < 1.29 is 19.0 Å². The lowest BCUT2D eigenvalue weighted by molar-refractivity contribution is -0.123. The quantitative estimate of drug-likeness (QED) is 0.540. The molecule has 0 saturated carbocycles. The van der Waals surface area contributed by atoms with Gasteiger partial charge in [0.2, 0.25) is 0 Å². The van der Waals surface area contributed by atoms with Gasteiger partial charge in [0, 0.05) is 19.6 Å². The number of nitrogens with zero attached hydrogens (tertiary/aromatic N) is 1. The summed E-state index contributed by atoms with van der Waals surface area (Å²) >= 11 is 0. The molecule has 1 N–H and O–H groups in total. The number of benzene rings is 3. The van der Waals surface area contributed by atoms with Crippen molar-refractivity contribution >= 4 is 5.91 Å². The van der Waals surface area contributed by atoms with Gasteiger partial charge >= 0.3 is 0 Å². The zero-order valence-electron chi connectivity index (χ0n) is 18.9. The molecule has 3 aromatic carbocycles. The second-order valence-corrected chi connectivity index (χ2v) is 7.92. The molecule has 3 aromatic rings. The van der Waals surface area contributed by atoms with Crippen LogP contribution >= 0.6 is 0 Å². The molecular weight excluding hydrogens is 416 g/mol. The zero-order valence-corrected chi connectivity index (χ0v) is 18.9. The average molecular weight is 447 g/mol. The van der Waals surface area contributed by atoms with Crippen molar-refractivity contribution in [2.45, 2.75) is 6.04 Å². The zero-order chi connectivity index (χ0) is 22.9. The number of rotatable bonds is 9. The van der Waals surface area contributed by atoms with Crippen LogP contribution in [0.3, 0.4) is 0 Å². The van der Waals surface area contributed by atoms with Crippen LogP contribution in [0.5, 0.6) is 11.5 Å². The van der Waals surface area contributed by atoms with Gasteiger partial charge in [-0.3, -0.25) is 9.69 Å². The van der Waals surface area contributed by atoms with Gasteiger partial charge in [-0.15, -0.1) is 0 Å². The molecule has 6 nitrogen and oxygen atoms in total. The molecule has 172 valence electrons. The second kappa shape index (κ2) is 11.5. The fraction of sp³-hybridized carbons (Fsp3) is 0.296. The van der Waals surface area contributed by atoms with E-state index in [1.165, 1.54) is 0 Å². The number of carbonyl (C=O) groups is 1. The highest BCUT2D eigenvalue weighted by Crippen LogP contribution is 2.24. The number of nitrogens with one attached hydrogen (secondary N) is 1. The topological polar surface area (TPSA) is 60.0 Å². The third-order valence-electron chi connectivity index (χ3n) is 5.81. The van der Waals surface area contributed by atoms with Crippen molar-refractivity contribution in [1.82, 2.24) is 10.2 Å². The van der Waals surface area contributed by atoms with Gasteiger partial charge in [0.25, 0.3) is 5.91 Å². The highest BCUT2D eigenvalue weighted by Gasteiger charge is 2.23. The Kier molecular flexibility index (Phi) is 7.95. The SMILES string of the molecule is COc1ccc([C@H](CNC(=O)COc2ccc(-c3ccccc3)cc2)N2CCOCC2)cc1. The van der Waals surface area contributed by atoms with E-state index in [2.05, 4.69) is 34.5 Å². The number of carbonyl (C=O) groups excluding carboxylic acids is 1. The molecule has 0 bridgehead atoms. The number of hydrogen-bond donors (Lipinski definition) is 1. The van der Waals surface area contributed by atoms with Crippen molar-refractivity contribution in [1.29, 1.82) is 0 Å². The lowest BCUT2D eigenvalue weighted by atomic mass is 10.0. The molecular formula is C27H30N2O4. The molecule has 6 heteroatoms. The Morgan fingerprint density at radius 2 is 1.55 bits per heavy atom. The van der Waals surface area contributed by atoms with E-state index in [9.17, 15) is 4.79 Å². The maximum atomic E-state index is 12.5. The van der Waals surface area contributed by atoms with Crippen LogP contribution < -0.4 is 14.8 Å². The monoisotopic (exact) mass is 446 g/mol. The summed E-state index contributed by atoms with van der Waals surface area (Å²) < 4.78 is 16.5. The lowest BCUT2D eigenvalue weighted by Gasteiger charge is -2.35. The summed E-state index contributed by atoms with van der Waals surface area (Å²) in [6.07, 6.45) is 0. The van der Waals surface area contributed by atoms with Crippen LogP contribution in [0, 0.1) is 0 Å². The first kappa shape index (κ1) is 22.8. The summed E-state index contributed by atoms with van der Waals surface area (Å²) in [6.45, 7) is 3.53. The van der Waals surface area contributed by atoms with Crippen LogP contribution in [0.4, 0.5) is 0 Å². The molecule has 4 rings (SSSR count). The number of hydrogen-bond acceptors (Lipinski definition) is 5. The van der Waals surface area contributed by atoms with Crippen molar-refractivity contribution in [3.05, 3.63) is 84.4 Å². The van der Waals surface area contributed by atoms with Gasteiger partial charge in [0.05, 0.1) is 26.4 Å². The van der Waals surface area contributed by atoms with Crippen LogP contribution in [-0.4, -0.2) is 57.4 Å². The molecule has 1 atom stereocenters. The fourth-order valence-electron chi connectivity index (χ4n) is 3.96. The van der Waals surface area contributed by atoms with Gasteiger partial charge in [0.15, 0.2) is 6.61 Å². The molecule has 1 aliphatic heterocycles. The van der Waals surface area contributed by atoms with Crippen LogP contribution in [0.1, 0.15) is 11.6 Å². The predicted octanol–water partition coefficient (Wildman–Crippen LogP) is 3.93. The lowest BCUT2D eigenvalue weighted by Crippen LogP contribution is -2.44. The number of methoxy groups -OCH3 is 1. The van der Waals surface area contributed by atoms with E-state index in [4.69, 9.17) is 14.2 Å². The first-order valence-corrected chi connectivity index (χ1v) is 11.2. The highest BCUT2D eigenvalue weighted by molar-refractivity contribution is 5.77. The Bertz CT molecular complexity index is 1000. The Labute approximate surface area is 195 Å². The van der Waals surface area contributed by atoms with E-state index < -0.39 is 0 Å². The molecule has 0 aromatic heterocycles. The number of morpholine rings is 1. The van der Waals surface area contributed by atoms with Gasteiger partial charge in [-0.05, 0) is 41.0 Å². The third-order valence-corrected chi connectivity index (χ3v) is 5.81. The van der Waals surface area contributed by atoms with Crippen molar-refractivity contribution in [3.63, 3.8) is 0 Å². The van der Waals surface area contributed by atoms with E-state index in [0.29, 0.717) is 25.5 Å². The summed E-state index contributed by atoms with van der Waals surface area (Å²) in [7, 11) is 1.66. The molecule has 1 saturated heterocycles. The fourth-order valence-corrected chi connectivity index (χ4v) is 3.96. The summed E-state index contributed by atoms with van der Waals surface area (Å²) in [4.78, 5) is 14.9. The first-order valence-electron chi connectivity index (χ1n) is 11.2. The normalized spacial score (nSPS) is 14.9. The molecule has 0 radical (unpaired) electrons. The van der Waals surface area contributed by atoms with Crippen molar-refractivity contribution in [2.75, 3.05) is 46.6 Å². The predicted molar refractivity (Wildman–Crippen MR) is 129 cm³/mol. The average Bonchev–Trinajstić information content (AvgIpc) is 2.89. The highest BCUT2D eigenvalue weighted by atomic mass is 16.5. The molecule has 1 heterocycles. The van der Waals surface area contributed by atoms with Crippen LogP contribution in [0.2, 0.25) is 0 Å². The van der Waals surface area contributed by atoms with Gasteiger partial charge in [-0.25, -0.2) is 0 Å². The van der Waals surface area contributed by atoms with Crippen LogP contribution in [-0.2, 0) is 9.53 Å².